The number of amides is 1. The number of aromatic amines is 2. The second kappa shape index (κ2) is 9.09. The predicted molar refractivity (Wildman–Crippen MR) is 124 cm³/mol. The number of ether oxygens (including phenoxy) is 1. The average Bonchev–Trinajstić information content (AvgIpc) is 3.16. The third-order valence-corrected chi connectivity index (χ3v) is 5.50. The van der Waals surface area contributed by atoms with Crippen LogP contribution in [0.5, 0.6) is 5.75 Å². The van der Waals surface area contributed by atoms with Crippen molar-refractivity contribution in [3.63, 3.8) is 0 Å². The molecule has 0 fully saturated rings. The Hall–Kier alpha value is -3.87. The summed E-state index contributed by atoms with van der Waals surface area (Å²) < 4.78 is 5.30. The minimum absolute atomic E-state index is 0.140. The first-order chi connectivity index (χ1) is 15.4. The summed E-state index contributed by atoms with van der Waals surface area (Å²) in [6, 6.07) is 14.7. The molecule has 1 atom stereocenters. The molecule has 0 saturated carbocycles. The molecule has 1 amide bonds. The molecule has 32 heavy (non-hydrogen) atoms. The summed E-state index contributed by atoms with van der Waals surface area (Å²) in [5, 5.41) is 4.17. The molecule has 0 aliphatic carbocycles. The van der Waals surface area contributed by atoms with Gasteiger partial charge in [0.25, 0.3) is 5.56 Å². The third kappa shape index (κ3) is 4.72. The van der Waals surface area contributed by atoms with Crippen LogP contribution >= 0.6 is 0 Å². The first-order valence-corrected chi connectivity index (χ1v) is 10.5. The average molecular weight is 431 g/mol. The third-order valence-electron chi connectivity index (χ3n) is 5.50. The van der Waals surface area contributed by atoms with Gasteiger partial charge in [0.15, 0.2) is 0 Å². The molecule has 4 rings (SSSR count). The van der Waals surface area contributed by atoms with Crippen molar-refractivity contribution in [1.82, 2.24) is 20.3 Å². The fourth-order valence-electron chi connectivity index (χ4n) is 4.01. The number of nitrogens with one attached hydrogen (secondary N) is 3. The van der Waals surface area contributed by atoms with Gasteiger partial charge in [-0.3, -0.25) is 9.59 Å². The van der Waals surface area contributed by atoms with E-state index in [1.165, 1.54) is 6.07 Å². The number of hydrogen-bond donors (Lipinski definition) is 3. The second-order valence-corrected chi connectivity index (χ2v) is 7.92. The first-order valence-electron chi connectivity index (χ1n) is 10.5. The zero-order valence-electron chi connectivity index (χ0n) is 18.4. The van der Waals surface area contributed by atoms with E-state index < -0.39 is 6.04 Å². The van der Waals surface area contributed by atoms with Crippen molar-refractivity contribution in [3.8, 4) is 5.75 Å². The summed E-state index contributed by atoms with van der Waals surface area (Å²) in [5.41, 5.74) is 4.23. The molecule has 7 nitrogen and oxygen atoms in total. The van der Waals surface area contributed by atoms with E-state index in [1.54, 1.807) is 14.0 Å². The maximum absolute atomic E-state index is 13.0. The molecule has 3 N–H and O–H groups in total. The zero-order chi connectivity index (χ0) is 22.7. The van der Waals surface area contributed by atoms with Gasteiger partial charge in [-0.1, -0.05) is 30.3 Å². The molecule has 0 radical (unpaired) electrons. The number of aromatic nitrogens is 3. The van der Waals surface area contributed by atoms with Crippen molar-refractivity contribution in [2.24, 2.45) is 0 Å². The van der Waals surface area contributed by atoms with E-state index in [9.17, 15) is 9.59 Å². The van der Waals surface area contributed by atoms with Crippen molar-refractivity contribution in [2.45, 2.75) is 32.7 Å². The number of methoxy groups -OCH3 is 1. The van der Waals surface area contributed by atoms with E-state index in [1.807, 2.05) is 55.6 Å². The highest BCUT2D eigenvalue weighted by Gasteiger charge is 2.20. The maximum atomic E-state index is 13.0. The van der Waals surface area contributed by atoms with Gasteiger partial charge in [-0.15, -0.1) is 0 Å². The lowest BCUT2D eigenvalue weighted by Crippen LogP contribution is -2.32. The van der Waals surface area contributed by atoms with Crippen LogP contribution in [0, 0.1) is 13.8 Å². The van der Waals surface area contributed by atoms with Crippen LogP contribution in [0.25, 0.3) is 10.9 Å². The molecule has 0 aliphatic heterocycles. The van der Waals surface area contributed by atoms with Crippen molar-refractivity contribution in [2.75, 3.05) is 7.11 Å². The van der Waals surface area contributed by atoms with Gasteiger partial charge in [0.1, 0.15) is 11.6 Å². The molecule has 2 heterocycles. The minimum atomic E-state index is -0.443. The minimum Gasteiger partial charge on any atom is -0.496 e. The Morgan fingerprint density at radius 1 is 1.16 bits per heavy atom. The van der Waals surface area contributed by atoms with Gasteiger partial charge in [-0.25, -0.2) is 4.98 Å². The van der Waals surface area contributed by atoms with Gasteiger partial charge in [-0.2, -0.15) is 0 Å². The summed E-state index contributed by atoms with van der Waals surface area (Å²) in [6.45, 7) is 3.68. The quantitative estimate of drug-likeness (QED) is 0.418. The monoisotopic (exact) mass is 430 g/mol. The highest BCUT2D eigenvalue weighted by atomic mass is 16.5. The number of aryl methyl sites for hydroxylation is 2. The van der Waals surface area contributed by atoms with Crippen molar-refractivity contribution in [3.05, 3.63) is 93.3 Å². The molecule has 4 aromatic rings. The number of hydrogen-bond acceptors (Lipinski definition) is 4. The normalized spacial score (nSPS) is 12.0. The highest BCUT2D eigenvalue weighted by molar-refractivity contribution is 5.83. The van der Waals surface area contributed by atoms with Crippen LogP contribution in [0.1, 0.15) is 34.3 Å². The number of para-hydroxylation sites is 1. The lowest BCUT2D eigenvalue weighted by atomic mass is 10.0. The number of nitrogens with zero attached hydrogens (tertiary/aromatic N) is 1. The molecule has 0 bridgehead atoms. The molecule has 164 valence electrons. The van der Waals surface area contributed by atoms with Gasteiger partial charge in [0.2, 0.25) is 5.91 Å². The van der Waals surface area contributed by atoms with Crippen LogP contribution < -0.4 is 15.6 Å². The number of rotatable bonds is 7. The van der Waals surface area contributed by atoms with Crippen LogP contribution in [0.4, 0.5) is 0 Å². The molecule has 1 unspecified atom stereocenters. The Kier molecular flexibility index (Phi) is 6.07. The molecule has 2 aromatic heterocycles. The topological polar surface area (TPSA) is 99.9 Å². The van der Waals surface area contributed by atoms with E-state index in [-0.39, 0.29) is 17.9 Å². The maximum Gasteiger partial charge on any atom is 0.251 e. The lowest BCUT2D eigenvalue weighted by molar-refractivity contribution is -0.121. The summed E-state index contributed by atoms with van der Waals surface area (Å²) >= 11 is 0. The van der Waals surface area contributed by atoms with Gasteiger partial charge < -0.3 is 20.0 Å². The number of carbonyl (C=O) groups excluding carboxylic acids is 1. The SMILES string of the molecule is COc1ccc(CC(=O)NC(Cc2c[nH]c3ccccc23)c2cc(=O)[nH]c(C)n2)cc1C. The van der Waals surface area contributed by atoms with Crippen LogP contribution in [0.2, 0.25) is 0 Å². The fourth-order valence-corrected chi connectivity index (χ4v) is 4.01. The van der Waals surface area contributed by atoms with Crippen molar-refractivity contribution >= 4 is 16.8 Å². The first kappa shape index (κ1) is 21.4. The molecule has 0 aliphatic rings. The van der Waals surface area contributed by atoms with Crippen LogP contribution in [0.3, 0.4) is 0 Å². The Morgan fingerprint density at radius 2 is 1.97 bits per heavy atom. The largest absolute Gasteiger partial charge is 0.496 e. The molecular weight excluding hydrogens is 404 g/mol. The summed E-state index contributed by atoms with van der Waals surface area (Å²) in [4.78, 5) is 35.5. The van der Waals surface area contributed by atoms with E-state index in [2.05, 4.69) is 20.3 Å². The van der Waals surface area contributed by atoms with E-state index in [0.29, 0.717) is 17.9 Å². The van der Waals surface area contributed by atoms with Gasteiger partial charge in [0.05, 0.1) is 25.3 Å². The van der Waals surface area contributed by atoms with E-state index >= 15 is 0 Å². The highest BCUT2D eigenvalue weighted by Crippen LogP contribution is 2.24. The number of carbonyl (C=O) groups is 1. The molecule has 2 aromatic carbocycles. The molecule has 0 spiro atoms. The van der Waals surface area contributed by atoms with Crippen molar-refractivity contribution in [1.29, 1.82) is 0 Å². The van der Waals surface area contributed by atoms with Crippen LogP contribution in [0.15, 0.2) is 59.5 Å². The lowest BCUT2D eigenvalue weighted by Gasteiger charge is -2.19. The number of fused-ring (bicyclic) bond motifs is 1. The number of H-pyrrole nitrogens is 2. The Labute approximate surface area is 185 Å². The standard InChI is InChI=1S/C25H26N4O3/c1-15-10-17(8-9-23(15)32-3)11-24(30)29-21(22-13-25(31)28-16(2)27-22)12-18-14-26-20-7-5-4-6-19(18)20/h4-10,13-14,21,26H,11-12H2,1-3H3,(H,29,30)(H,27,28,31). The van der Waals surface area contributed by atoms with Crippen molar-refractivity contribution < 1.29 is 9.53 Å². The zero-order valence-corrected chi connectivity index (χ0v) is 18.4. The van der Waals surface area contributed by atoms with Gasteiger partial charge in [-0.05, 0) is 42.7 Å². The summed E-state index contributed by atoms with van der Waals surface area (Å²) in [7, 11) is 1.63. The smallest absolute Gasteiger partial charge is 0.251 e. The number of benzene rings is 2. The summed E-state index contributed by atoms with van der Waals surface area (Å²) in [5.74, 6) is 1.16. The Bertz CT molecular complexity index is 1320. The second-order valence-electron chi connectivity index (χ2n) is 7.92. The van der Waals surface area contributed by atoms with Crippen LogP contribution in [-0.2, 0) is 17.6 Å². The Morgan fingerprint density at radius 3 is 2.72 bits per heavy atom. The van der Waals surface area contributed by atoms with Gasteiger partial charge >= 0.3 is 0 Å². The van der Waals surface area contributed by atoms with Crippen LogP contribution in [-0.4, -0.2) is 28.0 Å². The van der Waals surface area contributed by atoms with E-state index in [0.717, 1.165) is 33.3 Å². The molecular formula is C25H26N4O3. The molecule has 7 heteroatoms. The molecule has 0 saturated heterocycles. The van der Waals surface area contributed by atoms with Gasteiger partial charge in [0, 0.05) is 29.6 Å². The van der Waals surface area contributed by atoms with E-state index in [4.69, 9.17) is 4.74 Å². The summed E-state index contributed by atoms with van der Waals surface area (Å²) in [6.07, 6.45) is 2.67. The Balaban J connectivity index is 1.60. The predicted octanol–water partition coefficient (Wildman–Crippen LogP) is 3.52. The fraction of sp³-hybridized carbons (Fsp3) is 0.240.